The van der Waals surface area contributed by atoms with E-state index in [0.717, 1.165) is 19.9 Å². The number of carboxylic acid groups (broad SMARTS) is 1. The molecule has 0 aliphatic carbocycles. The Balaban J connectivity index is 1.53. The molecule has 0 spiro atoms. The quantitative estimate of drug-likeness (QED) is 0.139. The second-order valence-electron chi connectivity index (χ2n) is 8.01. The number of amides is 1. The van der Waals surface area contributed by atoms with Crippen LogP contribution in [-0.2, 0) is 11.4 Å². The van der Waals surface area contributed by atoms with E-state index < -0.39 is 11.9 Å². The molecule has 0 atom stereocenters. The number of hydrogen-bond donors (Lipinski definition) is 2. The van der Waals surface area contributed by atoms with Crippen molar-refractivity contribution in [1.82, 2.24) is 0 Å². The molecular formula is C29H21IN2O5. The number of carbonyl (C=O) groups is 2. The number of carbonyl (C=O) groups excluding carboxylic acids is 1. The number of methoxy groups -OCH3 is 1. The fourth-order valence-corrected chi connectivity index (χ4v) is 4.47. The lowest BCUT2D eigenvalue weighted by atomic mass is 10.1. The Kier molecular flexibility index (Phi) is 8.05. The van der Waals surface area contributed by atoms with Crippen LogP contribution >= 0.6 is 22.6 Å². The SMILES string of the molecule is COc1cc(/C=C(/C#N)C(=O)Nc2cccc(C(=O)O)c2)cc(I)c1OCc1ccc2ccccc2c1. The highest BCUT2D eigenvalue weighted by molar-refractivity contribution is 14.1. The largest absolute Gasteiger partial charge is 0.493 e. The number of fused-ring (bicyclic) bond motifs is 1. The maximum absolute atomic E-state index is 12.7. The van der Waals surface area contributed by atoms with E-state index >= 15 is 0 Å². The Labute approximate surface area is 227 Å². The molecule has 0 radical (unpaired) electrons. The zero-order chi connectivity index (χ0) is 26.4. The summed E-state index contributed by atoms with van der Waals surface area (Å²) in [4.78, 5) is 23.9. The summed E-state index contributed by atoms with van der Waals surface area (Å²) in [5.74, 6) is -0.750. The van der Waals surface area contributed by atoms with Crippen LogP contribution in [0.1, 0.15) is 21.5 Å². The van der Waals surface area contributed by atoms with Crippen molar-refractivity contribution < 1.29 is 24.2 Å². The van der Waals surface area contributed by atoms with Gasteiger partial charge in [0.1, 0.15) is 18.2 Å². The molecule has 0 unspecified atom stereocenters. The van der Waals surface area contributed by atoms with E-state index in [1.165, 1.54) is 31.4 Å². The molecular weight excluding hydrogens is 583 g/mol. The van der Waals surface area contributed by atoms with Crippen LogP contribution in [0.3, 0.4) is 0 Å². The van der Waals surface area contributed by atoms with Gasteiger partial charge in [0.25, 0.3) is 5.91 Å². The fourth-order valence-electron chi connectivity index (χ4n) is 3.69. The number of carboxylic acids is 1. The maximum atomic E-state index is 12.7. The maximum Gasteiger partial charge on any atom is 0.335 e. The minimum Gasteiger partial charge on any atom is -0.493 e. The zero-order valence-corrected chi connectivity index (χ0v) is 21.9. The van der Waals surface area contributed by atoms with Crippen molar-refractivity contribution in [3.8, 4) is 17.6 Å². The van der Waals surface area contributed by atoms with Gasteiger partial charge in [-0.3, -0.25) is 4.79 Å². The third kappa shape index (κ3) is 6.26. The van der Waals surface area contributed by atoms with Crippen LogP contribution in [0.15, 0.2) is 84.4 Å². The van der Waals surface area contributed by atoms with E-state index in [4.69, 9.17) is 14.6 Å². The molecule has 8 heteroatoms. The van der Waals surface area contributed by atoms with Gasteiger partial charge in [-0.1, -0.05) is 42.5 Å². The summed E-state index contributed by atoms with van der Waals surface area (Å²) in [6.07, 6.45) is 1.44. The normalized spacial score (nSPS) is 11.0. The molecule has 184 valence electrons. The van der Waals surface area contributed by atoms with Gasteiger partial charge in [0, 0.05) is 5.69 Å². The molecule has 1 amide bonds. The number of ether oxygens (including phenoxy) is 2. The summed E-state index contributed by atoms with van der Waals surface area (Å²) in [5, 5.41) is 23.6. The molecule has 0 fully saturated rings. The summed E-state index contributed by atoms with van der Waals surface area (Å²) in [6.45, 7) is 0.341. The molecule has 0 saturated heterocycles. The molecule has 4 aromatic rings. The van der Waals surface area contributed by atoms with Gasteiger partial charge in [0.2, 0.25) is 0 Å². The van der Waals surface area contributed by atoms with Crippen LogP contribution in [0.2, 0.25) is 0 Å². The highest BCUT2D eigenvalue weighted by Gasteiger charge is 2.15. The second kappa shape index (κ2) is 11.6. The average molecular weight is 604 g/mol. The van der Waals surface area contributed by atoms with Crippen molar-refractivity contribution in [1.29, 1.82) is 5.26 Å². The van der Waals surface area contributed by atoms with Crippen molar-refractivity contribution >= 4 is 57.0 Å². The minimum absolute atomic E-state index is 0.0267. The second-order valence-corrected chi connectivity index (χ2v) is 9.18. The number of anilines is 1. The lowest BCUT2D eigenvalue weighted by Crippen LogP contribution is -2.14. The molecule has 4 aromatic carbocycles. The highest BCUT2D eigenvalue weighted by atomic mass is 127. The Hall–Kier alpha value is -4.36. The van der Waals surface area contributed by atoms with Crippen LogP contribution < -0.4 is 14.8 Å². The van der Waals surface area contributed by atoms with Crippen LogP contribution in [0.4, 0.5) is 5.69 Å². The first-order chi connectivity index (χ1) is 17.9. The smallest absolute Gasteiger partial charge is 0.335 e. The number of benzene rings is 4. The lowest BCUT2D eigenvalue weighted by molar-refractivity contribution is -0.112. The highest BCUT2D eigenvalue weighted by Crippen LogP contribution is 2.35. The molecule has 0 heterocycles. The number of halogens is 1. The monoisotopic (exact) mass is 604 g/mol. The first kappa shape index (κ1) is 25.7. The Morgan fingerprint density at radius 3 is 2.54 bits per heavy atom. The molecule has 7 nitrogen and oxygen atoms in total. The van der Waals surface area contributed by atoms with Gasteiger partial charge >= 0.3 is 5.97 Å². The van der Waals surface area contributed by atoms with E-state index in [0.29, 0.717) is 23.7 Å². The first-order valence-electron chi connectivity index (χ1n) is 11.1. The van der Waals surface area contributed by atoms with Gasteiger partial charge < -0.3 is 19.9 Å². The Morgan fingerprint density at radius 1 is 1.03 bits per heavy atom. The van der Waals surface area contributed by atoms with Gasteiger partial charge in [-0.2, -0.15) is 5.26 Å². The van der Waals surface area contributed by atoms with Gasteiger partial charge in [-0.05, 0) is 87.0 Å². The molecule has 4 rings (SSSR count). The summed E-state index contributed by atoms with van der Waals surface area (Å²) >= 11 is 2.12. The third-order valence-electron chi connectivity index (χ3n) is 5.49. The van der Waals surface area contributed by atoms with Crippen LogP contribution in [0.25, 0.3) is 16.8 Å². The van der Waals surface area contributed by atoms with Crippen molar-refractivity contribution in [2.45, 2.75) is 6.61 Å². The third-order valence-corrected chi connectivity index (χ3v) is 6.29. The Bertz CT molecular complexity index is 1570. The molecule has 0 saturated carbocycles. The lowest BCUT2D eigenvalue weighted by Gasteiger charge is -2.14. The predicted octanol–water partition coefficient (Wildman–Crippen LogP) is 6.28. The first-order valence-corrected chi connectivity index (χ1v) is 12.2. The van der Waals surface area contributed by atoms with E-state index in [9.17, 15) is 14.9 Å². The summed E-state index contributed by atoms with van der Waals surface area (Å²) < 4.78 is 12.4. The van der Waals surface area contributed by atoms with E-state index in [2.05, 4.69) is 52.2 Å². The molecule has 0 bridgehead atoms. The van der Waals surface area contributed by atoms with Crippen molar-refractivity contribution in [3.63, 3.8) is 0 Å². The van der Waals surface area contributed by atoms with Crippen LogP contribution in [-0.4, -0.2) is 24.1 Å². The summed E-state index contributed by atoms with van der Waals surface area (Å²) in [6, 6.07) is 25.4. The zero-order valence-electron chi connectivity index (χ0n) is 19.7. The van der Waals surface area contributed by atoms with Crippen molar-refractivity contribution in [3.05, 3.63) is 105 Å². The number of hydrogen-bond acceptors (Lipinski definition) is 5. The van der Waals surface area contributed by atoms with Crippen molar-refractivity contribution in [2.75, 3.05) is 12.4 Å². The number of nitrogens with zero attached hydrogens (tertiary/aromatic N) is 1. The fraction of sp³-hybridized carbons (Fsp3) is 0.0690. The predicted molar refractivity (Wildman–Crippen MR) is 150 cm³/mol. The number of rotatable bonds is 8. The molecule has 0 aliphatic rings. The standard InChI is InChI=1S/C29H21IN2O5/c1-36-26-14-19(12-23(16-31)28(33)32-24-8-4-7-22(15-24)29(34)35)13-25(30)27(26)37-17-18-9-10-20-5-2-3-6-21(20)11-18/h2-15H,17H2,1H3,(H,32,33)(H,34,35)/b23-12-. The summed E-state index contributed by atoms with van der Waals surface area (Å²) in [7, 11) is 1.52. The number of aromatic carboxylic acids is 1. The minimum atomic E-state index is -1.11. The molecule has 37 heavy (non-hydrogen) atoms. The van der Waals surface area contributed by atoms with E-state index in [1.807, 2.05) is 24.3 Å². The topological polar surface area (TPSA) is 109 Å². The number of nitriles is 1. The van der Waals surface area contributed by atoms with Crippen LogP contribution in [0.5, 0.6) is 11.5 Å². The van der Waals surface area contributed by atoms with Crippen LogP contribution in [0, 0.1) is 14.9 Å². The Morgan fingerprint density at radius 2 is 1.81 bits per heavy atom. The van der Waals surface area contributed by atoms with Gasteiger partial charge in [-0.15, -0.1) is 0 Å². The molecule has 0 aromatic heterocycles. The molecule has 2 N–H and O–H groups in total. The van der Waals surface area contributed by atoms with Gasteiger partial charge in [0.15, 0.2) is 11.5 Å². The van der Waals surface area contributed by atoms with Gasteiger partial charge in [-0.25, -0.2) is 4.79 Å². The van der Waals surface area contributed by atoms with E-state index in [-0.39, 0.29) is 16.8 Å². The summed E-state index contributed by atoms with van der Waals surface area (Å²) in [5.41, 5.74) is 1.74. The molecule has 0 aliphatic heterocycles. The number of nitrogens with one attached hydrogen (secondary N) is 1. The average Bonchev–Trinajstić information content (AvgIpc) is 2.90. The van der Waals surface area contributed by atoms with Crippen molar-refractivity contribution in [2.24, 2.45) is 0 Å². The van der Waals surface area contributed by atoms with Gasteiger partial charge in [0.05, 0.1) is 16.2 Å². The van der Waals surface area contributed by atoms with E-state index in [1.54, 1.807) is 18.2 Å².